The largest absolute Gasteiger partial charge is 0.360 e. The monoisotopic (exact) mass is 521 g/mol. The summed E-state index contributed by atoms with van der Waals surface area (Å²) < 4.78 is 24.8. The van der Waals surface area contributed by atoms with E-state index in [2.05, 4.69) is 30.2 Å². The summed E-state index contributed by atoms with van der Waals surface area (Å²) in [6, 6.07) is 0. The molecule has 13 heteroatoms. The highest BCUT2D eigenvalue weighted by atomic mass is 32.2. The molecule has 12 nitrogen and oxygen atoms in total. The van der Waals surface area contributed by atoms with E-state index in [1.54, 1.807) is 10.9 Å². The molecule has 0 aliphatic heterocycles. The van der Waals surface area contributed by atoms with E-state index < -0.39 is 9.84 Å². The van der Waals surface area contributed by atoms with Gasteiger partial charge in [-0.3, -0.25) is 14.3 Å². The number of hydrogen-bond acceptors (Lipinski definition) is 11. The van der Waals surface area contributed by atoms with E-state index in [0.29, 0.717) is 40.8 Å². The smallest absolute Gasteiger partial charge is 0.294 e. The summed E-state index contributed by atoms with van der Waals surface area (Å²) in [5.41, 5.74) is 4.33. The number of nitrogens with one attached hydrogen (secondary N) is 1. The van der Waals surface area contributed by atoms with Crippen LogP contribution in [-0.4, -0.2) is 54.1 Å². The van der Waals surface area contributed by atoms with Gasteiger partial charge in [-0.15, -0.1) is 0 Å². The normalized spacial score (nSPS) is 13.7. The quantitative estimate of drug-likeness (QED) is 0.363. The van der Waals surface area contributed by atoms with Crippen LogP contribution in [0.4, 0.5) is 5.82 Å². The molecule has 0 saturated heterocycles. The summed E-state index contributed by atoms with van der Waals surface area (Å²) >= 11 is 0. The van der Waals surface area contributed by atoms with Crippen LogP contribution >= 0.6 is 0 Å². The molecule has 0 amide bonds. The predicted octanol–water partition coefficient (Wildman–Crippen LogP) is 2.35. The Morgan fingerprint density at radius 2 is 1.81 bits per heavy atom. The molecule has 0 radical (unpaired) electrons. The summed E-state index contributed by atoms with van der Waals surface area (Å²) in [6.45, 7) is 6.34. The van der Waals surface area contributed by atoms with Crippen LogP contribution < -0.4 is 10.9 Å². The molecule has 1 aliphatic carbocycles. The van der Waals surface area contributed by atoms with Crippen molar-refractivity contribution in [3.8, 4) is 11.4 Å². The second kappa shape index (κ2) is 9.54. The minimum absolute atomic E-state index is 0.113. The molecular weight excluding hydrogens is 494 g/mol. The van der Waals surface area contributed by atoms with Gasteiger partial charge >= 0.3 is 0 Å². The van der Waals surface area contributed by atoms with E-state index >= 15 is 0 Å². The van der Waals surface area contributed by atoms with Crippen molar-refractivity contribution in [1.29, 1.82) is 0 Å². The lowest BCUT2D eigenvalue weighted by Crippen LogP contribution is -2.27. The Kier molecular flexibility index (Phi) is 6.40. The third-order valence-corrected chi connectivity index (χ3v) is 7.14. The number of hydrogen-bond donors (Lipinski definition) is 1. The molecule has 1 N–H and O–H groups in total. The van der Waals surface area contributed by atoms with Gasteiger partial charge in [-0.05, 0) is 33.1 Å². The molecule has 1 aliphatic rings. The number of nitrogens with zero attached hydrogens (tertiary/aromatic N) is 8. The highest BCUT2D eigenvalue weighted by Crippen LogP contribution is 2.43. The lowest BCUT2D eigenvalue weighted by atomic mass is 10.1. The van der Waals surface area contributed by atoms with Gasteiger partial charge in [0.25, 0.3) is 5.56 Å². The summed E-state index contributed by atoms with van der Waals surface area (Å²) in [4.78, 5) is 44.5. The fraction of sp³-hybridized carbons (Fsp3) is 0.417. The van der Waals surface area contributed by atoms with Crippen molar-refractivity contribution in [2.75, 3.05) is 11.6 Å². The molecule has 0 atom stereocenters. The van der Waals surface area contributed by atoms with Crippen LogP contribution in [0.2, 0.25) is 0 Å². The van der Waals surface area contributed by atoms with E-state index in [1.807, 2.05) is 20.8 Å². The maximum absolute atomic E-state index is 13.4. The highest BCUT2D eigenvalue weighted by Gasteiger charge is 2.30. The average molecular weight is 522 g/mol. The van der Waals surface area contributed by atoms with Crippen molar-refractivity contribution in [3.05, 3.63) is 51.9 Å². The Morgan fingerprint density at radius 1 is 1.03 bits per heavy atom. The highest BCUT2D eigenvalue weighted by molar-refractivity contribution is 7.90. The molecular formula is C24H27N9O3S. The van der Waals surface area contributed by atoms with E-state index in [0.717, 1.165) is 42.5 Å². The van der Waals surface area contributed by atoms with Crippen molar-refractivity contribution < 1.29 is 8.42 Å². The van der Waals surface area contributed by atoms with Gasteiger partial charge in [-0.2, -0.15) is 0 Å². The van der Waals surface area contributed by atoms with Crippen molar-refractivity contribution in [3.63, 3.8) is 0 Å². The topological polar surface area (TPSA) is 158 Å². The first-order valence-electron chi connectivity index (χ1n) is 12.0. The average Bonchev–Trinajstić information content (AvgIpc) is 3.70. The minimum Gasteiger partial charge on any atom is -0.360 e. The van der Waals surface area contributed by atoms with Crippen molar-refractivity contribution >= 4 is 26.8 Å². The lowest BCUT2D eigenvalue weighted by molar-refractivity contribution is 0.597. The van der Waals surface area contributed by atoms with Gasteiger partial charge in [0.15, 0.2) is 32.2 Å². The molecule has 5 rings (SSSR count). The van der Waals surface area contributed by atoms with Crippen LogP contribution in [0.15, 0.2) is 28.5 Å². The van der Waals surface area contributed by atoms with Crippen LogP contribution in [0.3, 0.4) is 0 Å². The molecule has 4 aromatic rings. The molecule has 4 heterocycles. The Hall–Kier alpha value is -3.87. The lowest BCUT2D eigenvalue weighted by Gasteiger charge is -2.15. The Morgan fingerprint density at radius 3 is 2.46 bits per heavy atom. The maximum atomic E-state index is 13.4. The number of aryl methyl sites for hydroxylation is 3. The number of rotatable bonds is 8. The molecule has 37 heavy (non-hydrogen) atoms. The summed E-state index contributed by atoms with van der Waals surface area (Å²) in [6.07, 6.45) is 8.07. The van der Waals surface area contributed by atoms with Crippen LogP contribution in [0, 0.1) is 13.8 Å². The predicted molar refractivity (Wildman–Crippen MR) is 137 cm³/mol. The van der Waals surface area contributed by atoms with Crippen molar-refractivity contribution in [1.82, 2.24) is 39.5 Å². The van der Waals surface area contributed by atoms with Gasteiger partial charge in [0.05, 0.1) is 47.3 Å². The third kappa shape index (κ3) is 4.90. The molecule has 0 aromatic carbocycles. The zero-order chi connectivity index (χ0) is 26.3. The molecule has 0 spiro atoms. The van der Waals surface area contributed by atoms with Crippen LogP contribution in [0.1, 0.15) is 54.9 Å². The first-order chi connectivity index (χ1) is 17.7. The van der Waals surface area contributed by atoms with Crippen molar-refractivity contribution in [2.24, 2.45) is 0 Å². The maximum Gasteiger partial charge on any atom is 0.294 e. The fourth-order valence-electron chi connectivity index (χ4n) is 4.15. The Bertz CT molecular complexity index is 1660. The summed E-state index contributed by atoms with van der Waals surface area (Å²) in [5.74, 6) is 1.01. The van der Waals surface area contributed by atoms with Gasteiger partial charge in [-0.1, -0.05) is 6.92 Å². The van der Waals surface area contributed by atoms with Gasteiger partial charge in [0.1, 0.15) is 11.8 Å². The minimum atomic E-state index is -3.45. The Labute approximate surface area is 213 Å². The third-order valence-electron chi connectivity index (χ3n) is 6.17. The zero-order valence-electron chi connectivity index (χ0n) is 21.1. The first-order valence-corrected chi connectivity index (χ1v) is 13.9. The Balaban J connectivity index is 1.56. The van der Waals surface area contributed by atoms with E-state index in [-0.39, 0.29) is 22.9 Å². The van der Waals surface area contributed by atoms with E-state index in [1.165, 1.54) is 12.4 Å². The number of aromatic nitrogens is 8. The fourth-order valence-corrected chi connectivity index (χ4v) is 4.64. The number of anilines is 1. The number of sulfone groups is 1. The first kappa shape index (κ1) is 24.8. The van der Waals surface area contributed by atoms with E-state index in [9.17, 15) is 13.2 Å². The van der Waals surface area contributed by atoms with Gasteiger partial charge < -0.3 is 5.32 Å². The van der Waals surface area contributed by atoms with Crippen LogP contribution in [0.25, 0.3) is 22.6 Å². The van der Waals surface area contributed by atoms with Crippen LogP contribution in [0.5, 0.6) is 0 Å². The van der Waals surface area contributed by atoms with Gasteiger partial charge in [-0.25, -0.2) is 38.3 Å². The van der Waals surface area contributed by atoms with Crippen molar-refractivity contribution in [2.45, 2.75) is 64.1 Å². The molecule has 1 fully saturated rings. The second-order valence-corrected chi connectivity index (χ2v) is 11.1. The summed E-state index contributed by atoms with van der Waals surface area (Å²) in [7, 11) is -3.45. The standard InChI is InChI=1S/C24H27N9O3S/c1-5-8-33-23-19(14(3)30-21(32-23)18-13(2)28-12-29-20(18)15-6-7-15)31-22(24(33)34)27-10-16-9-26-17(11-25-16)37(4,35)36/h9,11-12,15H,5-8,10H2,1-4H3,(H,27,31). The molecule has 192 valence electrons. The van der Waals surface area contributed by atoms with Crippen LogP contribution in [-0.2, 0) is 22.9 Å². The molecule has 4 aromatic heterocycles. The second-order valence-electron chi connectivity index (χ2n) is 9.19. The SMILES string of the molecule is CCCn1c(=O)c(NCc2cnc(S(C)(=O)=O)cn2)nc2c(C)nc(-c3c(C)ncnc3C3CC3)nc21. The zero-order valence-corrected chi connectivity index (χ0v) is 21.9. The van der Waals surface area contributed by atoms with Gasteiger partial charge in [0.2, 0.25) is 0 Å². The summed E-state index contributed by atoms with van der Waals surface area (Å²) in [5, 5.41) is 2.91. The number of fused-ring (bicyclic) bond motifs is 1. The van der Waals surface area contributed by atoms with E-state index in [4.69, 9.17) is 9.97 Å². The van der Waals surface area contributed by atoms with Gasteiger partial charge in [0, 0.05) is 18.7 Å². The molecule has 0 unspecified atom stereocenters. The molecule has 0 bridgehead atoms. The molecule has 1 saturated carbocycles.